The molecule has 136 valence electrons. The molecule has 0 saturated heterocycles. The lowest BCUT2D eigenvalue weighted by molar-refractivity contribution is -0.146. The van der Waals surface area contributed by atoms with Gasteiger partial charge in [-0.15, -0.1) is 15.3 Å². The lowest BCUT2D eigenvalue weighted by Crippen LogP contribution is -2.14. The molecular formula is C17H16F3N5O. The second-order valence-corrected chi connectivity index (χ2v) is 6.11. The number of benzene rings is 1. The number of ether oxygens (including phenoxy) is 1. The molecule has 0 aliphatic heterocycles. The molecule has 1 fully saturated rings. The topological polar surface area (TPSA) is 64.3 Å². The summed E-state index contributed by atoms with van der Waals surface area (Å²) in [6, 6.07) is 11.0. The average molecular weight is 363 g/mol. The second kappa shape index (κ2) is 6.15. The average Bonchev–Trinajstić information content (AvgIpc) is 3.22. The Hall–Kier alpha value is -2.84. The van der Waals surface area contributed by atoms with Crippen molar-refractivity contribution in [2.24, 2.45) is 0 Å². The van der Waals surface area contributed by atoms with E-state index in [0.29, 0.717) is 12.4 Å². The van der Waals surface area contributed by atoms with Crippen LogP contribution in [0, 0.1) is 0 Å². The van der Waals surface area contributed by atoms with Gasteiger partial charge >= 0.3 is 6.18 Å². The number of halogens is 3. The Bertz CT molecular complexity index is 940. The Kier molecular flexibility index (Phi) is 3.93. The highest BCUT2D eigenvalue weighted by Crippen LogP contribution is 2.43. The fourth-order valence-corrected chi connectivity index (χ4v) is 2.96. The number of fused-ring (bicyclic) bond motifs is 1. The third-order valence-corrected chi connectivity index (χ3v) is 4.24. The van der Waals surface area contributed by atoms with Crippen molar-refractivity contribution in [2.75, 3.05) is 11.9 Å². The minimum atomic E-state index is -4.60. The zero-order valence-corrected chi connectivity index (χ0v) is 13.9. The molecule has 3 aromatic rings. The monoisotopic (exact) mass is 363 g/mol. The maximum atomic E-state index is 12.9. The Morgan fingerprint density at radius 1 is 1.23 bits per heavy atom. The summed E-state index contributed by atoms with van der Waals surface area (Å²) in [7, 11) is 0. The van der Waals surface area contributed by atoms with Gasteiger partial charge in [0.1, 0.15) is 11.6 Å². The van der Waals surface area contributed by atoms with Crippen molar-refractivity contribution in [2.45, 2.75) is 31.5 Å². The van der Waals surface area contributed by atoms with Crippen molar-refractivity contribution in [1.82, 2.24) is 19.8 Å². The first-order valence-electron chi connectivity index (χ1n) is 8.24. The predicted molar refractivity (Wildman–Crippen MR) is 88.2 cm³/mol. The molecule has 26 heavy (non-hydrogen) atoms. The lowest BCUT2D eigenvalue weighted by Gasteiger charge is -2.08. The van der Waals surface area contributed by atoms with Crippen LogP contribution in [-0.2, 0) is 6.18 Å². The number of hydrogen-bond acceptors (Lipinski definition) is 5. The van der Waals surface area contributed by atoms with Gasteiger partial charge in [-0.3, -0.25) is 0 Å². The smallest absolute Gasteiger partial charge is 0.453 e. The van der Waals surface area contributed by atoms with Gasteiger partial charge in [-0.1, -0.05) is 12.1 Å². The third-order valence-electron chi connectivity index (χ3n) is 4.24. The van der Waals surface area contributed by atoms with Gasteiger partial charge in [0.05, 0.1) is 6.61 Å². The Balaban J connectivity index is 1.51. The SMILES string of the molecule is CCOc1cccc([C@@H]2C[C@@H]2Nc2ccc3nnc(C(F)(F)F)n3n2)c1. The zero-order valence-electron chi connectivity index (χ0n) is 13.9. The lowest BCUT2D eigenvalue weighted by atomic mass is 10.1. The van der Waals surface area contributed by atoms with E-state index in [0.717, 1.165) is 22.2 Å². The number of aromatic nitrogens is 4. The number of rotatable bonds is 5. The van der Waals surface area contributed by atoms with E-state index >= 15 is 0 Å². The van der Waals surface area contributed by atoms with Crippen LogP contribution in [-0.4, -0.2) is 32.5 Å². The number of anilines is 1. The molecule has 1 aliphatic rings. The quantitative estimate of drug-likeness (QED) is 0.752. The molecule has 1 saturated carbocycles. The van der Waals surface area contributed by atoms with Crippen LogP contribution in [0.2, 0.25) is 0 Å². The van der Waals surface area contributed by atoms with Gasteiger partial charge in [0.2, 0.25) is 0 Å². The summed E-state index contributed by atoms with van der Waals surface area (Å²) in [6.07, 6.45) is -3.73. The van der Waals surface area contributed by atoms with Gasteiger partial charge < -0.3 is 10.1 Å². The molecule has 0 bridgehead atoms. The van der Waals surface area contributed by atoms with Gasteiger partial charge in [-0.05, 0) is 43.2 Å². The van der Waals surface area contributed by atoms with Crippen LogP contribution < -0.4 is 10.1 Å². The van der Waals surface area contributed by atoms with Crippen molar-refractivity contribution in [3.63, 3.8) is 0 Å². The first-order valence-corrected chi connectivity index (χ1v) is 8.24. The summed E-state index contributed by atoms with van der Waals surface area (Å²) in [5, 5.41) is 13.8. The fourth-order valence-electron chi connectivity index (χ4n) is 2.96. The number of nitrogens with one attached hydrogen (secondary N) is 1. The highest BCUT2D eigenvalue weighted by Gasteiger charge is 2.40. The maximum Gasteiger partial charge on any atom is 0.453 e. The molecule has 6 nitrogen and oxygen atoms in total. The van der Waals surface area contributed by atoms with Crippen molar-refractivity contribution in [3.8, 4) is 5.75 Å². The van der Waals surface area contributed by atoms with E-state index in [9.17, 15) is 13.2 Å². The van der Waals surface area contributed by atoms with Gasteiger partial charge in [0, 0.05) is 12.0 Å². The summed E-state index contributed by atoms with van der Waals surface area (Å²) in [5.41, 5.74) is 1.19. The first-order chi connectivity index (χ1) is 12.5. The standard InChI is InChI=1S/C17H16F3N5O/c1-2-26-11-5-3-4-10(8-11)12-9-13(12)21-14-6-7-15-22-23-16(17(18,19)20)25(15)24-14/h3-8,12-13H,2,9H2,1H3,(H,21,24)/t12-,13-/m0/s1. The van der Waals surface area contributed by atoms with Crippen LogP contribution in [0.4, 0.5) is 19.0 Å². The van der Waals surface area contributed by atoms with E-state index in [-0.39, 0.29) is 17.6 Å². The molecule has 1 aromatic carbocycles. The molecule has 1 aliphatic carbocycles. The summed E-state index contributed by atoms with van der Waals surface area (Å²) < 4.78 is 45.1. The molecule has 0 unspecified atom stereocenters. The van der Waals surface area contributed by atoms with Crippen LogP contribution >= 0.6 is 0 Å². The van der Waals surface area contributed by atoms with Crippen LogP contribution in [0.15, 0.2) is 36.4 Å². The van der Waals surface area contributed by atoms with Crippen molar-refractivity contribution in [3.05, 3.63) is 47.8 Å². The van der Waals surface area contributed by atoms with Crippen LogP contribution in [0.1, 0.15) is 30.7 Å². The number of nitrogens with zero attached hydrogens (tertiary/aromatic N) is 4. The molecule has 9 heteroatoms. The Labute approximate surface area is 147 Å². The predicted octanol–water partition coefficient (Wildman–Crippen LogP) is 3.51. The van der Waals surface area contributed by atoms with Crippen LogP contribution in [0.3, 0.4) is 0 Å². The minimum absolute atomic E-state index is 0.0552. The van der Waals surface area contributed by atoms with E-state index in [2.05, 4.69) is 20.6 Å². The molecular weight excluding hydrogens is 347 g/mol. The summed E-state index contributed by atoms with van der Waals surface area (Å²) >= 11 is 0. The van der Waals surface area contributed by atoms with Crippen molar-refractivity contribution < 1.29 is 17.9 Å². The summed E-state index contributed by atoms with van der Waals surface area (Å²) in [4.78, 5) is 0. The normalized spacial score (nSPS) is 19.5. The Morgan fingerprint density at radius 2 is 2.08 bits per heavy atom. The van der Waals surface area contributed by atoms with Gasteiger partial charge in [0.15, 0.2) is 5.65 Å². The second-order valence-electron chi connectivity index (χ2n) is 6.11. The van der Waals surface area contributed by atoms with Gasteiger partial charge in [-0.2, -0.15) is 17.7 Å². The number of alkyl halides is 3. The fraction of sp³-hybridized carbons (Fsp3) is 0.353. The van der Waals surface area contributed by atoms with Crippen LogP contribution in [0.5, 0.6) is 5.75 Å². The van der Waals surface area contributed by atoms with Crippen LogP contribution in [0.25, 0.3) is 5.65 Å². The molecule has 0 spiro atoms. The first kappa shape index (κ1) is 16.6. The highest BCUT2D eigenvalue weighted by molar-refractivity contribution is 5.47. The molecule has 4 rings (SSSR count). The van der Waals surface area contributed by atoms with Crippen molar-refractivity contribution >= 4 is 11.5 Å². The van der Waals surface area contributed by atoms with E-state index < -0.39 is 12.0 Å². The van der Waals surface area contributed by atoms with E-state index in [1.165, 1.54) is 6.07 Å². The van der Waals surface area contributed by atoms with E-state index in [4.69, 9.17) is 4.74 Å². The minimum Gasteiger partial charge on any atom is -0.494 e. The number of hydrogen-bond donors (Lipinski definition) is 1. The highest BCUT2D eigenvalue weighted by atomic mass is 19.4. The zero-order chi connectivity index (χ0) is 18.3. The molecule has 2 heterocycles. The van der Waals surface area contributed by atoms with E-state index in [1.807, 2.05) is 31.2 Å². The largest absolute Gasteiger partial charge is 0.494 e. The van der Waals surface area contributed by atoms with Gasteiger partial charge in [0.25, 0.3) is 5.82 Å². The maximum absolute atomic E-state index is 12.9. The van der Waals surface area contributed by atoms with Crippen molar-refractivity contribution in [1.29, 1.82) is 0 Å². The third kappa shape index (κ3) is 3.16. The molecule has 2 atom stereocenters. The molecule has 2 aromatic heterocycles. The van der Waals surface area contributed by atoms with Gasteiger partial charge in [-0.25, -0.2) is 0 Å². The summed E-state index contributed by atoms with van der Waals surface area (Å²) in [5.74, 6) is 0.314. The van der Waals surface area contributed by atoms with E-state index in [1.54, 1.807) is 6.07 Å². The molecule has 1 N–H and O–H groups in total. The summed E-state index contributed by atoms with van der Waals surface area (Å²) in [6.45, 7) is 2.52. The molecule has 0 amide bonds. The Morgan fingerprint density at radius 3 is 2.85 bits per heavy atom. The molecule has 0 radical (unpaired) electrons.